The lowest BCUT2D eigenvalue weighted by Crippen LogP contribution is -2.42. The predicted molar refractivity (Wildman–Crippen MR) is 82.5 cm³/mol. The third-order valence-corrected chi connectivity index (χ3v) is 4.68. The van der Waals surface area contributed by atoms with Crippen LogP contribution in [0.25, 0.3) is 0 Å². The molecule has 1 aliphatic carbocycles. The Morgan fingerprint density at radius 2 is 1.92 bits per heavy atom. The van der Waals surface area contributed by atoms with Gasteiger partial charge in [0.2, 0.25) is 5.91 Å². The lowest BCUT2D eigenvalue weighted by atomic mass is 10.0. The fraction of sp³-hybridized carbons (Fsp3) is 0.750. The minimum atomic E-state index is -4.35. The molecule has 0 aromatic carbocycles. The fourth-order valence-corrected chi connectivity index (χ4v) is 3.32. The van der Waals surface area contributed by atoms with Crippen molar-refractivity contribution in [2.45, 2.75) is 64.3 Å². The van der Waals surface area contributed by atoms with E-state index < -0.39 is 18.3 Å². The Balaban J connectivity index is 2.06. The highest BCUT2D eigenvalue weighted by molar-refractivity contribution is 5.79. The van der Waals surface area contributed by atoms with Gasteiger partial charge in [-0.25, -0.2) is 0 Å². The SMILES string of the molecule is Cc1nn(CC(F)(F)F)c(C)c1CC(=O)N(C)CC1(O)CCCC1. The number of aryl methyl sites for hydroxylation is 1. The normalized spacial score (nSPS) is 17.3. The number of hydrogen-bond donors (Lipinski definition) is 1. The average Bonchev–Trinajstić information content (AvgIpc) is 2.96. The van der Waals surface area contributed by atoms with Crippen LogP contribution < -0.4 is 0 Å². The number of aliphatic hydroxyl groups is 1. The smallest absolute Gasteiger partial charge is 0.388 e. The van der Waals surface area contributed by atoms with Crippen molar-refractivity contribution < 1.29 is 23.1 Å². The van der Waals surface area contributed by atoms with Crippen molar-refractivity contribution in [2.75, 3.05) is 13.6 Å². The van der Waals surface area contributed by atoms with Crippen LogP contribution in [0.5, 0.6) is 0 Å². The van der Waals surface area contributed by atoms with Gasteiger partial charge in [-0.1, -0.05) is 12.8 Å². The van der Waals surface area contributed by atoms with E-state index in [2.05, 4.69) is 5.10 Å². The van der Waals surface area contributed by atoms with Crippen molar-refractivity contribution >= 4 is 5.91 Å². The second-order valence-electron chi connectivity index (χ2n) is 6.78. The molecule has 2 rings (SSSR count). The first-order valence-electron chi connectivity index (χ1n) is 8.07. The summed E-state index contributed by atoms with van der Waals surface area (Å²) in [6.07, 6.45) is -1.13. The molecule has 0 bridgehead atoms. The number of likely N-dealkylation sites (N-methyl/N-ethyl adjacent to an activating group) is 1. The number of carbonyl (C=O) groups is 1. The van der Waals surface area contributed by atoms with Crippen molar-refractivity contribution in [1.29, 1.82) is 0 Å². The van der Waals surface area contributed by atoms with E-state index in [1.807, 2.05) is 0 Å². The summed E-state index contributed by atoms with van der Waals surface area (Å²) >= 11 is 0. The summed E-state index contributed by atoms with van der Waals surface area (Å²) in [5.41, 5.74) is 0.466. The maximum Gasteiger partial charge on any atom is 0.408 e. The summed E-state index contributed by atoms with van der Waals surface area (Å²) in [4.78, 5) is 13.9. The van der Waals surface area contributed by atoms with Crippen molar-refractivity contribution in [1.82, 2.24) is 14.7 Å². The molecule has 0 aliphatic heterocycles. The molecule has 1 aromatic rings. The Kier molecular flexibility index (Phi) is 5.27. The lowest BCUT2D eigenvalue weighted by molar-refractivity contribution is -0.143. The van der Waals surface area contributed by atoms with Crippen LogP contribution in [-0.4, -0.2) is 51.1 Å². The van der Waals surface area contributed by atoms with Crippen LogP contribution in [0.15, 0.2) is 0 Å². The van der Waals surface area contributed by atoms with Gasteiger partial charge in [-0.15, -0.1) is 0 Å². The highest BCUT2D eigenvalue weighted by atomic mass is 19.4. The molecular formula is C16H24F3N3O2. The molecule has 0 atom stereocenters. The standard InChI is InChI=1S/C16H24F3N3O2/c1-11-13(12(2)22(20-11)10-16(17,18)19)8-14(23)21(3)9-15(24)6-4-5-7-15/h24H,4-10H2,1-3H3. The van der Waals surface area contributed by atoms with Crippen molar-refractivity contribution in [3.8, 4) is 0 Å². The number of amides is 1. The number of nitrogens with zero attached hydrogens (tertiary/aromatic N) is 3. The molecule has 0 spiro atoms. The summed E-state index contributed by atoms with van der Waals surface area (Å²) in [5.74, 6) is -0.229. The maximum atomic E-state index is 12.6. The molecule has 0 radical (unpaired) electrons. The van der Waals surface area contributed by atoms with Gasteiger partial charge in [0, 0.05) is 24.8 Å². The van der Waals surface area contributed by atoms with E-state index in [0.717, 1.165) is 17.5 Å². The molecule has 1 saturated carbocycles. The molecule has 1 aliphatic rings. The number of hydrogen-bond acceptors (Lipinski definition) is 3. The molecule has 1 fully saturated rings. The summed E-state index contributed by atoms with van der Waals surface area (Å²) in [7, 11) is 1.61. The Morgan fingerprint density at radius 1 is 1.33 bits per heavy atom. The van der Waals surface area contributed by atoms with Gasteiger partial charge in [-0.3, -0.25) is 9.48 Å². The molecule has 1 N–H and O–H groups in total. The van der Waals surface area contributed by atoms with Crippen molar-refractivity contribution in [3.05, 3.63) is 17.0 Å². The minimum Gasteiger partial charge on any atom is -0.388 e. The summed E-state index contributed by atoms with van der Waals surface area (Å²) in [5, 5.41) is 14.3. The van der Waals surface area contributed by atoms with Gasteiger partial charge < -0.3 is 10.0 Å². The van der Waals surface area contributed by atoms with Gasteiger partial charge >= 0.3 is 6.18 Å². The number of rotatable bonds is 5. The Morgan fingerprint density at radius 3 is 2.46 bits per heavy atom. The largest absolute Gasteiger partial charge is 0.408 e. The number of aromatic nitrogens is 2. The van der Waals surface area contributed by atoms with Crippen molar-refractivity contribution in [3.63, 3.8) is 0 Å². The van der Waals surface area contributed by atoms with Gasteiger partial charge in [0.05, 0.1) is 17.7 Å². The van der Waals surface area contributed by atoms with E-state index in [1.165, 1.54) is 4.90 Å². The molecule has 1 amide bonds. The monoisotopic (exact) mass is 347 g/mol. The third kappa shape index (κ3) is 4.49. The Bertz CT molecular complexity index is 604. The molecule has 0 unspecified atom stereocenters. The predicted octanol–water partition coefficient (Wildman–Crippen LogP) is 2.37. The second-order valence-corrected chi connectivity index (χ2v) is 6.78. The zero-order chi connectivity index (χ0) is 18.1. The van der Waals surface area contributed by atoms with Gasteiger partial charge in [0.15, 0.2) is 0 Å². The van der Waals surface area contributed by atoms with Crippen molar-refractivity contribution in [2.24, 2.45) is 0 Å². The molecule has 8 heteroatoms. The van der Waals surface area contributed by atoms with E-state index in [1.54, 1.807) is 20.9 Å². The quantitative estimate of drug-likeness (QED) is 0.890. The van der Waals surface area contributed by atoms with Crippen LogP contribution in [0, 0.1) is 13.8 Å². The van der Waals surface area contributed by atoms with Gasteiger partial charge in [-0.2, -0.15) is 18.3 Å². The van der Waals surface area contributed by atoms with Crippen LogP contribution in [0.4, 0.5) is 13.2 Å². The number of carbonyl (C=O) groups excluding carboxylic acids is 1. The van der Waals surface area contributed by atoms with Gasteiger partial charge in [-0.05, 0) is 26.7 Å². The Labute approximate surface area is 139 Å². The zero-order valence-electron chi connectivity index (χ0n) is 14.3. The van der Waals surface area contributed by atoms with Crippen LogP contribution >= 0.6 is 0 Å². The first-order chi connectivity index (χ1) is 11.0. The molecule has 1 heterocycles. The van der Waals surface area contributed by atoms with Gasteiger partial charge in [0.25, 0.3) is 0 Å². The fourth-order valence-electron chi connectivity index (χ4n) is 3.32. The van der Waals surface area contributed by atoms with Gasteiger partial charge in [0.1, 0.15) is 6.54 Å². The topological polar surface area (TPSA) is 58.4 Å². The lowest BCUT2D eigenvalue weighted by Gasteiger charge is -2.28. The molecule has 136 valence electrons. The second kappa shape index (κ2) is 6.74. The highest BCUT2D eigenvalue weighted by Gasteiger charge is 2.34. The molecular weight excluding hydrogens is 323 g/mol. The van der Waals surface area contributed by atoms with E-state index in [0.29, 0.717) is 29.8 Å². The number of halogens is 3. The van der Waals surface area contributed by atoms with Crippen LogP contribution in [0.3, 0.4) is 0 Å². The first-order valence-corrected chi connectivity index (χ1v) is 8.07. The van der Waals surface area contributed by atoms with E-state index in [-0.39, 0.29) is 18.9 Å². The highest BCUT2D eigenvalue weighted by Crippen LogP contribution is 2.30. The van der Waals surface area contributed by atoms with E-state index in [4.69, 9.17) is 0 Å². The summed E-state index contributed by atoms with van der Waals surface area (Å²) in [6, 6.07) is 0. The Hall–Kier alpha value is -1.57. The summed E-state index contributed by atoms with van der Waals surface area (Å²) < 4.78 is 38.6. The summed E-state index contributed by atoms with van der Waals surface area (Å²) in [6.45, 7) is 2.23. The molecule has 1 aromatic heterocycles. The maximum absolute atomic E-state index is 12.6. The van der Waals surface area contributed by atoms with Crippen LogP contribution in [0.2, 0.25) is 0 Å². The van der Waals surface area contributed by atoms with E-state index >= 15 is 0 Å². The first kappa shape index (κ1) is 18.8. The molecule has 0 saturated heterocycles. The number of alkyl halides is 3. The van der Waals surface area contributed by atoms with Crippen LogP contribution in [0.1, 0.15) is 42.6 Å². The minimum absolute atomic E-state index is 0.0118. The third-order valence-electron chi connectivity index (χ3n) is 4.68. The van der Waals surface area contributed by atoms with E-state index in [9.17, 15) is 23.1 Å². The average molecular weight is 347 g/mol. The van der Waals surface area contributed by atoms with Crippen LogP contribution in [-0.2, 0) is 17.8 Å². The zero-order valence-corrected chi connectivity index (χ0v) is 14.3. The molecule has 5 nitrogen and oxygen atoms in total. The molecule has 24 heavy (non-hydrogen) atoms.